The van der Waals surface area contributed by atoms with E-state index in [0.717, 1.165) is 22.3 Å². The molecule has 108 valence electrons. The Morgan fingerprint density at radius 3 is 1.30 bits per heavy atom. The third-order valence-corrected chi connectivity index (χ3v) is 3.17. The molecule has 0 spiro atoms. The zero-order valence-corrected chi connectivity index (χ0v) is 12.5. The van der Waals surface area contributed by atoms with Crippen LogP contribution in [0.2, 0.25) is 0 Å². The standard InChI is InChI=1S/C22H14O/c23-22-16-20(13-11-18-7-3-1-4-8-18)15-21(17-22)14-12-19-9-5-2-6-10-19/h1-10,15-17,23H. The van der Waals surface area contributed by atoms with Crippen molar-refractivity contribution < 1.29 is 5.11 Å². The molecule has 0 saturated carbocycles. The van der Waals surface area contributed by atoms with Crippen LogP contribution < -0.4 is 0 Å². The Hall–Kier alpha value is -3.42. The Morgan fingerprint density at radius 2 is 0.870 bits per heavy atom. The van der Waals surface area contributed by atoms with Gasteiger partial charge in [-0.25, -0.2) is 0 Å². The van der Waals surface area contributed by atoms with Crippen LogP contribution in [0.1, 0.15) is 22.3 Å². The molecular weight excluding hydrogens is 280 g/mol. The number of phenols is 1. The van der Waals surface area contributed by atoms with Crippen LogP contribution in [0, 0.1) is 23.7 Å². The van der Waals surface area contributed by atoms with Crippen molar-refractivity contribution in [3.05, 3.63) is 101 Å². The van der Waals surface area contributed by atoms with Gasteiger partial charge in [0.05, 0.1) is 0 Å². The van der Waals surface area contributed by atoms with Gasteiger partial charge < -0.3 is 5.11 Å². The molecule has 23 heavy (non-hydrogen) atoms. The first kappa shape index (κ1) is 14.5. The number of benzene rings is 3. The lowest BCUT2D eigenvalue weighted by atomic mass is 10.1. The fourth-order valence-corrected chi connectivity index (χ4v) is 2.09. The Morgan fingerprint density at radius 1 is 0.478 bits per heavy atom. The number of aromatic hydroxyl groups is 1. The largest absolute Gasteiger partial charge is 0.508 e. The summed E-state index contributed by atoms with van der Waals surface area (Å²) in [6, 6.07) is 24.7. The van der Waals surface area contributed by atoms with E-state index in [4.69, 9.17) is 0 Å². The van der Waals surface area contributed by atoms with E-state index in [-0.39, 0.29) is 5.75 Å². The van der Waals surface area contributed by atoms with Crippen molar-refractivity contribution in [2.24, 2.45) is 0 Å². The van der Waals surface area contributed by atoms with Crippen LogP contribution in [-0.2, 0) is 0 Å². The van der Waals surface area contributed by atoms with Gasteiger partial charge in [-0.2, -0.15) is 0 Å². The molecule has 1 N–H and O–H groups in total. The van der Waals surface area contributed by atoms with E-state index >= 15 is 0 Å². The van der Waals surface area contributed by atoms with Gasteiger partial charge >= 0.3 is 0 Å². The number of hydrogen-bond acceptors (Lipinski definition) is 1. The predicted molar refractivity (Wildman–Crippen MR) is 93.0 cm³/mol. The van der Waals surface area contributed by atoms with Crippen molar-refractivity contribution >= 4 is 0 Å². The SMILES string of the molecule is Oc1cc(C#Cc2ccccc2)cc(C#Cc2ccccc2)c1. The van der Waals surface area contributed by atoms with Crippen molar-refractivity contribution in [3.63, 3.8) is 0 Å². The average molecular weight is 294 g/mol. The highest BCUT2D eigenvalue weighted by atomic mass is 16.3. The monoisotopic (exact) mass is 294 g/mol. The molecule has 0 saturated heterocycles. The molecule has 1 heteroatoms. The van der Waals surface area contributed by atoms with Crippen molar-refractivity contribution in [1.29, 1.82) is 0 Å². The van der Waals surface area contributed by atoms with Gasteiger partial charge in [0.15, 0.2) is 0 Å². The molecule has 1 nitrogen and oxygen atoms in total. The molecule has 3 aromatic carbocycles. The minimum Gasteiger partial charge on any atom is -0.508 e. The van der Waals surface area contributed by atoms with E-state index < -0.39 is 0 Å². The molecule has 0 unspecified atom stereocenters. The summed E-state index contributed by atoms with van der Waals surface area (Å²) < 4.78 is 0. The number of phenolic OH excluding ortho intramolecular Hbond substituents is 1. The van der Waals surface area contributed by atoms with E-state index in [1.807, 2.05) is 66.7 Å². The lowest BCUT2D eigenvalue weighted by Gasteiger charge is -1.97. The molecular formula is C22H14O. The van der Waals surface area contributed by atoms with Crippen molar-refractivity contribution in [1.82, 2.24) is 0 Å². The third-order valence-electron chi connectivity index (χ3n) is 3.17. The van der Waals surface area contributed by atoms with Gasteiger partial charge in [-0.3, -0.25) is 0 Å². The van der Waals surface area contributed by atoms with Gasteiger partial charge in [0.25, 0.3) is 0 Å². The van der Waals surface area contributed by atoms with E-state index in [9.17, 15) is 5.11 Å². The lowest BCUT2D eigenvalue weighted by molar-refractivity contribution is 0.475. The van der Waals surface area contributed by atoms with Gasteiger partial charge in [-0.15, -0.1) is 0 Å². The zero-order valence-electron chi connectivity index (χ0n) is 12.5. The van der Waals surface area contributed by atoms with Gasteiger partial charge in [0.2, 0.25) is 0 Å². The summed E-state index contributed by atoms with van der Waals surface area (Å²) in [5.74, 6) is 12.5. The highest BCUT2D eigenvalue weighted by molar-refractivity contribution is 5.52. The fraction of sp³-hybridized carbons (Fsp3) is 0. The Kier molecular flexibility index (Phi) is 4.44. The van der Waals surface area contributed by atoms with Gasteiger partial charge in [0.1, 0.15) is 5.75 Å². The molecule has 0 bridgehead atoms. The highest BCUT2D eigenvalue weighted by Crippen LogP contribution is 2.15. The van der Waals surface area contributed by atoms with Crippen LogP contribution in [0.25, 0.3) is 0 Å². The third kappa shape index (κ3) is 4.27. The molecule has 0 atom stereocenters. The Labute approximate surface area is 136 Å². The van der Waals surface area contributed by atoms with Crippen molar-refractivity contribution in [2.75, 3.05) is 0 Å². The maximum atomic E-state index is 9.85. The summed E-state index contributed by atoms with van der Waals surface area (Å²) in [7, 11) is 0. The maximum absolute atomic E-state index is 9.85. The molecule has 0 aliphatic heterocycles. The highest BCUT2D eigenvalue weighted by Gasteiger charge is 1.96. The second-order valence-electron chi connectivity index (χ2n) is 5.00. The molecule has 0 aliphatic rings. The lowest BCUT2D eigenvalue weighted by Crippen LogP contribution is -1.81. The van der Waals surface area contributed by atoms with Crippen molar-refractivity contribution in [2.45, 2.75) is 0 Å². The molecule has 0 amide bonds. The van der Waals surface area contributed by atoms with E-state index in [1.54, 1.807) is 12.1 Å². The van der Waals surface area contributed by atoms with Crippen LogP contribution in [0.4, 0.5) is 0 Å². The Bertz CT molecular complexity index is 842. The summed E-state index contributed by atoms with van der Waals surface area (Å²) in [6.07, 6.45) is 0. The summed E-state index contributed by atoms with van der Waals surface area (Å²) in [6.45, 7) is 0. The smallest absolute Gasteiger partial charge is 0.118 e. The predicted octanol–water partition coefficient (Wildman–Crippen LogP) is 4.19. The van der Waals surface area contributed by atoms with Gasteiger partial charge in [-0.05, 0) is 42.5 Å². The normalized spacial score (nSPS) is 9.22. The second-order valence-corrected chi connectivity index (χ2v) is 5.00. The van der Waals surface area contributed by atoms with Crippen molar-refractivity contribution in [3.8, 4) is 29.4 Å². The topological polar surface area (TPSA) is 20.2 Å². The average Bonchev–Trinajstić information content (AvgIpc) is 2.60. The fourth-order valence-electron chi connectivity index (χ4n) is 2.09. The minimum absolute atomic E-state index is 0.169. The molecule has 0 aromatic heterocycles. The molecule has 0 heterocycles. The minimum atomic E-state index is 0.169. The van der Waals surface area contributed by atoms with Crippen LogP contribution in [0.15, 0.2) is 78.9 Å². The first-order chi connectivity index (χ1) is 11.3. The first-order valence-corrected chi connectivity index (χ1v) is 7.28. The number of hydrogen-bond donors (Lipinski definition) is 1. The molecule has 0 radical (unpaired) electrons. The van der Waals surface area contributed by atoms with Gasteiger partial charge in [0, 0.05) is 22.3 Å². The van der Waals surface area contributed by atoms with E-state index in [2.05, 4.69) is 23.7 Å². The molecule has 0 fully saturated rings. The molecule has 3 rings (SSSR count). The maximum Gasteiger partial charge on any atom is 0.118 e. The van der Waals surface area contributed by atoms with E-state index in [0.29, 0.717) is 0 Å². The Balaban J connectivity index is 1.89. The van der Waals surface area contributed by atoms with Crippen LogP contribution in [0.3, 0.4) is 0 Å². The van der Waals surface area contributed by atoms with Gasteiger partial charge in [-0.1, -0.05) is 60.1 Å². The first-order valence-electron chi connectivity index (χ1n) is 7.28. The zero-order chi connectivity index (χ0) is 15.9. The number of rotatable bonds is 0. The van der Waals surface area contributed by atoms with Crippen LogP contribution in [0.5, 0.6) is 5.75 Å². The summed E-state index contributed by atoms with van der Waals surface area (Å²) in [4.78, 5) is 0. The van der Waals surface area contributed by atoms with E-state index in [1.165, 1.54) is 0 Å². The summed E-state index contributed by atoms with van der Waals surface area (Å²) >= 11 is 0. The van der Waals surface area contributed by atoms with Crippen LogP contribution >= 0.6 is 0 Å². The second kappa shape index (κ2) is 7.03. The quantitative estimate of drug-likeness (QED) is 0.616. The summed E-state index contributed by atoms with van der Waals surface area (Å²) in [5.41, 5.74) is 3.36. The van der Waals surface area contributed by atoms with Crippen LogP contribution in [-0.4, -0.2) is 5.11 Å². The molecule has 0 aliphatic carbocycles. The summed E-state index contributed by atoms with van der Waals surface area (Å²) in [5, 5.41) is 9.85. The molecule has 3 aromatic rings.